The molecule has 3 atom stereocenters. The molecule has 0 amide bonds. The SMILES string of the molecule is CC1(C)C2CCC1(C)C(C(=O)ON)C2. The summed E-state index contributed by atoms with van der Waals surface area (Å²) in [4.78, 5) is 16.0. The van der Waals surface area contributed by atoms with E-state index in [4.69, 9.17) is 5.90 Å². The van der Waals surface area contributed by atoms with Crippen molar-refractivity contribution in [3.8, 4) is 0 Å². The van der Waals surface area contributed by atoms with Gasteiger partial charge in [0, 0.05) is 0 Å². The van der Waals surface area contributed by atoms with Crippen molar-refractivity contribution < 1.29 is 9.63 Å². The predicted molar refractivity (Wildman–Crippen MR) is 53.0 cm³/mol. The lowest BCUT2D eigenvalue weighted by Gasteiger charge is -2.37. The zero-order valence-electron chi connectivity index (χ0n) is 9.17. The molecule has 0 saturated heterocycles. The molecule has 2 aliphatic rings. The normalized spacial score (nSPS) is 44.0. The minimum Gasteiger partial charge on any atom is -0.373 e. The van der Waals surface area contributed by atoms with Gasteiger partial charge in [-0.05, 0) is 36.0 Å². The van der Waals surface area contributed by atoms with Crippen LogP contribution in [0.5, 0.6) is 0 Å². The lowest BCUT2D eigenvalue weighted by molar-refractivity contribution is -0.154. The number of nitrogens with two attached hydrogens (primary N) is 1. The first-order chi connectivity index (χ1) is 6.43. The highest BCUT2D eigenvalue weighted by molar-refractivity contribution is 5.74. The van der Waals surface area contributed by atoms with E-state index < -0.39 is 0 Å². The van der Waals surface area contributed by atoms with Crippen molar-refractivity contribution in [1.29, 1.82) is 0 Å². The highest BCUT2D eigenvalue weighted by Gasteiger charge is 2.63. The Morgan fingerprint density at radius 3 is 2.43 bits per heavy atom. The summed E-state index contributed by atoms with van der Waals surface area (Å²) in [6, 6.07) is 0. The highest BCUT2D eigenvalue weighted by atomic mass is 16.7. The molecule has 2 bridgehead atoms. The van der Waals surface area contributed by atoms with E-state index in [-0.39, 0.29) is 22.7 Å². The van der Waals surface area contributed by atoms with Gasteiger partial charge >= 0.3 is 5.97 Å². The van der Waals surface area contributed by atoms with E-state index in [0.29, 0.717) is 5.92 Å². The van der Waals surface area contributed by atoms with Crippen molar-refractivity contribution >= 4 is 5.97 Å². The van der Waals surface area contributed by atoms with Gasteiger partial charge in [0.15, 0.2) is 0 Å². The van der Waals surface area contributed by atoms with Gasteiger partial charge in [-0.2, -0.15) is 5.90 Å². The molecule has 3 nitrogen and oxygen atoms in total. The van der Waals surface area contributed by atoms with Crippen molar-refractivity contribution in [2.45, 2.75) is 40.0 Å². The Labute approximate surface area is 84.9 Å². The Balaban J connectivity index is 2.31. The van der Waals surface area contributed by atoms with E-state index in [0.717, 1.165) is 12.8 Å². The van der Waals surface area contributed by atoms with Crippen LogP contribution in [0.1, 0.15) is 40.0 Å². The standard InChI is InChI=1S/C11H19NO2/c1-10(2)7-4-5-11(10,3)8(6-7)9(13)14-12/h7-8H,4-6,12H2,1-3H3. The van der Waals surface area contributed by atoms with Gasteiger partial charge in [-0.1, -0.05) is 20.8 Å². The molecule has 2 rings (SSSR count). The first-order valence-electron chi connectivity index (χ1n) is 5.34. The largest absolute Gasteiger partial charge is 0.373 e. The van der Waals surface area contributed by atoms with Gasteiger partial charge in [-0.15, -0.1) is 0 Å². The second-order valence-electron chi connectivity index (χ2n) is 5.60. The molecular weight excluding hydrogens is 178 g/mol. The summed E-state index contributed by atoms with van der Waals surface area (Å²) in [6.07, 6.45) is 3.34. The summed E-state index contributed by atoms with van der Waals surface area (Å²) >= 11 is 0. The maximum Gasteiger partial charge on any atom is 0.328 e. The molecule has 3 unspecified atom stereocenters. The minimum absolute atomic E-state index is 0.0150. The number of hydrogen-bond acceptors (Lipinski definition) is 3. The Bertz CT molecular complexity index is 274. The van der Waals surface area contributed by atoms with E-state index in [1.165, 1.54) is 6.42 Å². The summed E-state index contributed by atoms with van der Waals surface area (Å²) in [5.74, 6) is 5.44. The molecule has 2 N–H and O–H groups in total. The number of hydrogen-bond donors (Lipinski definition) is 1. The second-order valence-corrected chi connectivity index (χ2v) is 5.60. The van der Waals surface area contributed by atoms with Crippen LogP contribution in [0.4, 0.5) is 0 Å². The van der Waals surface area contributed by atoms with Crippen LogP contribution in [0.3, 0.4) is 0 Å². The van der Waals surface area contributed by atoms with Gasteiger partial charge in [0.25, 0.3) is 0 Å². The third kappa shape index (κ3) is 0.937. The van der Waals surface area contributed by atoms with E-state index >= 15 is 0 Å². The molecule has 0 aromatic carbocycles. The number of fused-ring (bicyclic) bond motifs is 2. The fraction of sp³-hybridized carbons (Fsp3) is 0.909. The molecule has 14 heavy (non-hydrogen) atoms. The van der Waals surface area contributed by atoms with Gasteiger partial charge in [-0.3, -0.25) is 4.79 Å². The van der Waals surface area contributed by atoms with E-state index in [2.05, 4.69) is 25.6 Å². The average Bonchev–Trinajstić information content (AvgIpc) is 2.47. The maximum atomic E-state index is 11.5. The van der Waals surface area contributed by atoms with Crippen molar-refractivity contribution in [2.24, 2.45) is 28.6 Å². The van der Waals surface area contributed by atoms with E-state index in [9.17, 15) is 4.79 Å². The molecular formula is C11H19NO2. The van der Waals surface area contributed by atoms with Crippen molar-refractivity contribution in [3.63, 3.8) is 0 Å². The quantitative estimate of drug-likeness (QED) is 0.653. The smallest absolute Gasteiger partial charge is 0.328 e. The van der Waals surface area contributed by atoms with Crippen LogP contribution in [-0.2, 0) is 9.63 Å². The van der Waals surface area contributed by atoms with Gasteiger partial charge in [0.2, 0.25) is 0 Å². The monoisotopic (exact) mass is 197 g/mol. The molecule has 0 heterocycles. The Morgan fingerprint density at radius 1 is 1.43 bits per heavy atom. The molecule has 0 aromatic heterocycles. The van der Waals surface area contributed by atoms with Crippen molar-refractivity contribution in [1.82, 2.24) is 0 Å². The zero-order chi connectivity index (χ0) is 10.6. The zero-order valence-corrected chi connectivity index (χ0v) is 9.17. The molecule has 2 aliphatic carbocycles. The molecule has 2 fully saturated rings. The van der Waals surface area contributed by atoms with Crippen LogP contribution < -0.4 is 5.90 Å². The molecule has 2 saturated carbocycles. The lowest BCUT2D eigenvalue weighted by Crippen LogP contribution is -2.37. The number of rotatable bonds is 1. The molecule has 0 radical (unpaired) electrons. The van der Waals surface area contributed by atoms with Crippen LogP contribution in [0, 0.1) is 22.7 Å². The number of carbonyl (C=O) groups excluding carboxylic acids is 1. The highest BCUT2D eigenvalue weighted by Crippen LogP contribution is 2.68. The number of carbonyl (C=O) groups is 1. The molecule has 3 heteroatoms. The lowest BCUT2D eigenvalue weighted by atomic mass is 9.67. The molecule has 0 aliphatic heterocycles. The van der Waals surface area contributed by atoms with Crippen molar-refractivity contribution in [3.05, 3.63) is 0 Å². The average molecular weight is 197 g/mol. The third-order valence-electron chi connectivity index (χ3n) is 5.19. The molecule has 80 valence electrons. The summed E-state index contributed by atoms with van der Waals surface area (Å²) in [5.41, 5.74) is 0.347. The predicted octanol–water partition coefficient (Wildman–Crippen LogP) is 1.87. The summed E-state index contributed by atoms with van der Waals surface area (Å²) in [7, 11) is 0. The maximum absolute atomic E-state index is 11.5. The van der Waals surface area contributed by atoms with Crippen LogP contribution in [0.25, 0.3) is 0 Å². The van der Waals surface area contributed by atoms with Crippen LogP contribution >= 0.6 is 0 Å². The van der Waals surface area contributed by atoms with Crippen LogP contribution in [0.2, 0.25) is 0 Å². The fourth-order valence-electron chi connectivity index (χ4n) is 3.64. The van der Waals surface area contributed by atoms with Crippen LogP contribution in [0.15, 0.2) is 0 Å². The van der Waals surface area contributed by atoms with Gasteiger partial charge in [0.1, 0.15) is 0 Å². The van der Waals surface area contributed by atoms with E-state index in [1.807, 2.05) is 0 Å². The van der Waals surface area contributed by atoms with Gasteiger partial charge < -0.3 is 4.84 Å². The first kappa shape index (κ1) is 9.97. The fourth-order valence-corrected chi connectivity index (χ4v) is 3.64. The second kappa shape index (κ2) is 2.72. The summed E-state index contributed by atoms with van der Waals surface area (Å²) in [5, 5.41) is 0. The topological polar surface area (TPSA) is 52.3 Å². The molecule has 0 aromatic rings. The van der Waals surface area contributed by atoms with Crippen LogP contribution in [-0.4, -0.2) is 5.97 Å². The Morgan fingerprint density at radius 2 is 2.07 bits per heavy atom. The Hall–Kier alpha value is -0.570. The third-order valence-corrected chi connectivity index (χ3v) is 5.19. The first-order valence-corrected chi connectivity index (χ1v) is 5.34. The summed E-state index contributed by atoms with van der Waals surface area (Å²) < 4.78 is 0. The van der Waals surface area contributed by atoms with Crippen molar-refractivity contribution in [2.75, 3.05) is 0 Å². The van der Waals surface area contributed by atoms with Gasteiger partial charge in [-0.25, -0.2) is 0 Å². The van der Waals surface area contributed by atoms with E-state index in [1.54, 1.807) is 0 Å². The van der Waals surface area contributed by atoms with Gasteiger partial charge in [0.05, 0.1) is 5.92 Å². The Kier molecular flexibility index (Phi) is 1.94. The summed E-state index contributed by atoms with van der Waals surface area (Å²) in [6.45, 7) is 6.75. The molecule has 0 spiro atoms. The minimum atomic E-state index is -0.220.